The SMILES string of the molecule is CC.Sc1ccc(Cc2cccnc2)cc1CNCc1ccccc1. The molecule has 2 nitrogen and oxygen atoms in total. The summed E-state index contributed by atoms with van der Waals surface area (Å²) in [7, 11) is 0. The van der Waals surface area contributed by atoms with E-state index >= 15 is 0 Å². The number of pyridine rings is 1. The lowest BCUT2D eigenvalue weighted by Gasteiger charge is -2.10. The Kier molecular flexibility index (Phi) is 8.23. The monoisotopic (exact) mass is 350 g/mol. The van der Waals surface area contributed by atoms with E-state index in [0.29, 0.717) is 0 Å². The lowest BCUT2D eigenvalue weighted by molar-refractivity contribution is 0.685. The molecule has 3 aromatic rings. The zero-order valence-electron chi connectivity index (χ0n) is 14.9. The number of hydrogen-bond acceptors (Lipinski definition) is 3. The summed E-state index contributed by atoms with van der Waals surface area (Å²) in [5, 5.41) is 3.49. The molecule has 0 unspecified atom stereocenters. The second kappa shape index (κ2) is 10.7. The second-order valence-electron chi connectivity index (χ2n) is 5.59. The van der Waals surface area contributed by atoms with E-state index in [1.54, 1.807) is 6.20 Å². The van der Waals surface area contributed by atoms with E-state index in [-0.39, 0.29) is 0 Å². The molecule has 0 saturated carbocycles. The minimum atomic E-state index is 0.814. The summed E-state index contributed by atoms with van der Waals surface area (Å²) in [5.74, 6) is 0. The Hall–Kier alpha value is -2.10. The lowest BCUT2D eigenvalue weighted by atomic mass is 10.0. The van der Waals surface area contributed by atoms with Gasteiger partial charge in [-0.2, -0.15) is 0 Å². The maximum atomic E-state index is 4.58. The second-order valence-corrected chi connectivity index (χ2v) is 6.07. The van der Waals surface area contributed by atoms with E-state index in [4.69, 9.17) is 0 Å². The topological polar surface area (TPSA) is 24.9 Å². The smallest absolute Gasteiger partial charge is 0.0303 e. The van der Waals surface area contributed by atoms with Crippen molar-refractivity contribution in [1.29, 1.82) is 0 Å². The molecule has 1 aromatic heterocycles. The molecular formula is C22H26N2S. The Balaban J connectivity index is 0.00000109. The first-order valence-corrected chi connectivity index (χ1v) is 9.20. The first kappa shape index (κ1) is 19.2. The molecule has 0 spiro atoms. The van der Waals surface area contributed by atoms with Crippen molar-refractivity contribution < 1.29 is 0 Å². The van der Waals surface area contributed by atoms with Crippen LogP contribution in [-0.2, 0) is 19.5 Å². The van der Waals surface area contributed by atoms with Gasteiger partial charge < -0.3 is 5.32 Å². The molecule has 2 aromatic carbocycles. The fraction of sp³-hybridized carbons (Fsp3) is 0.227. The summed E-state index contributed by atoms with van der Waals surface area (Å²) in [4.78, 5) is 5.20. The minimum Gasteiger partial charge on any atom is -0.309 e. The summed E-state index contributed by atoms with van der Waals surface area (Å²) in [6, 6.07) is 21.0. The van der Waals surface area contributed by atoms with E-state index < -0.39 is 0 Å². The van der Waals surface area contributed by atoms with Gasteiger partial charge in [-0.15, -0.1) is 12.6 Å². The highest BCUT2D eigenvalue weighted by atomic mass is 32.1. The van der Waals surface area contributed by atoms with Crippen LogP contribution in [0.15, 0.2) is 78.0 Å². The van der Waals surface area contributed by atoms with Gasteiger partial charge in [-0.1, -0.05) is 62.4 Å². The van der Waals surface area contributed by atoms with Gasteiger partial charge in [0.25, 0.3) is 0 Å². The van der Waals surface area contributed by atoms with Crippen molar-refractivity contribution in [2.75, 3.05) is 0 Å². The molecule has 0 radical (unpaired) electrons. The maximum absolute atomic E-state index is 4.58. The van der Waals surface area contributed by atoms with Crippen molar-refractivity contribution >= 4 is 12.6 Å². The Labute approximate surface area is 156 Å². The molecule has 0 aliphatic rings. The van der Waals surface area contributed by atoms with Crippen LogP contribution >= 0.6 is 12.6 Å². The van der Waals surface area contributed by atoms with Crippen LogP contribution < -0.4 is 5.32 Å². The summed E-state index contributed by atoms with van der Waals surface area (Å²) in [5.41, 5.74) is 5.03. The first-order chi connectivity index (χ1) is 12.3. The largest absolute Gasteiger partial charge is 0.309 e. The Morgan fingerprint density at radius 2 is 1.60 bits per heavy atom. The molecule has 0 aliphatic heterocycles. The van der Waals surface area contributed by atoms with Crippen LogP contribution in [0.5, 0.6) is 0 Å². The number of benzene rings is 2. The third kappa shape index (κ3) is 6.37. The lowest BCUT2D eigenvalue weighted by Crippen LogP contribution is -2.13. The fourth-order valence-corrected chi connectivity index (χ4v) is 2.78. The summed E-state index contributed by atoms with van der Waals surface area (Å²) < 4.78 is 0. The van der Waals surface area contributed by atoms with Gasteiger partial charge in [0.2, 0.25) is 0 Å². The predicted molar refractivity (Wildman–Crippen MR) is 109 cm³/mol. The van der Waals surface area contributed by atoms with Crippen molar-refractivity contribution in [3.8, 4) is 0 Å². The number of aromatic nitrogens is 1. The van der Waals surface area contributed by atoms with Crippen LogP contribution in [0.25, 0.3) is 0 Å². The predicted octanol–water partition coefficient (Wildman–Crippen LogP) is 5.28. The molecule has 0 aliphatic carbocycles. The zero-order chi connectivity index (χ0) is 17.9. The van der Waals surface area contributed by atoms with Gasteiger partial charge in [-0.25, -0.2) is 0 Å². The average Bonchev–Trinajstić information content (AvgIpc) is 2.68. The van der Waals surface area contributed by atoms with Crippen LogP contribution in [-0.4, -0.2) is 4.98 Å². The van der Waals surface area contributed by atoms with Crippen molar-refractivity contribution in [2.45, 2.75) is 38.3 Å². The molecular weight excluding hydrogens is 324 g/mol. The van der Waals surface area contributed by atoms with Gasteiger partial charge in [-0.3, -0.25) is 4.98 Å². The van der Waals surface area contributed by atoms with Crippen LogP contribution in [0, 0.1) is 0 Å². The summed E-state index contributed by atoms with van der Waals surface area (Å²) in [6.45, 7) is 5.68. The summed E-state index contributed by atoms with van der Waals surface area (Å²) in [6.07, 6.45) is 4.62. The summed E-state index contributed by atoms with van der Waals surface area (Å²) >= 11 is 4.58. The van der Waals surface area contributed by atoms with Gasteiger partial charge in [0.1, 0.15) is 0 Å². The van der Waals surface area contributed by atoms with Crippen LogP contribution in [0.2, 0.25) is 0 Å². The fourth-order valence-electron chi connectivity index (χ4n) is 2.57. The molecule has 0 atom stereocenters. The first-order valence-electron chi connectivity index (χ1n) is 8.75. The van der Waals surface area contributed by atoms with Gasteiger partial charge >= 0.3 is 0 Å². The molecule has 1 heterocycles. The van der Waals surface area contributed by atoms with Crippen LogP contribution in [0.3, 0.4) is 0 Å². The van der Waals surface area contributed by atoms with E-state index in [1.807, 2.05) is 32.2 Å². The molecule has 130 valence electrons. The van der Waals surface area contributed by atoms with Crippen molar-refractivity contribution in [1.82, 2.24) is 10.3 Å². The van der Waals surface area contributed by atoms with Crippen molar-refractivity contribution in [3.05, 3.63) is 95.3 Å². The number of thiol groups is 1. The Morgan fingerprint density at radius 3 is 2.32 bits per heavy atom. The molecule has 0 saturated heterocycles. The van der Waals surface area contributed by atoms with Gasteiger partial charge in [0.05, 0.1) is 0 Å². The third-order valence-electron chi connectivity index (χ3n) is 3.76. The highest BCUT2D eigenvalue weighted by Crippen LogP contribution is 2.18. The highest BCUT2D eigenvalue weighted by Gasteiger charge is 2.03. The van der Waals surface area contributed by atoms with Gasteiger partial charge in [0.15, 0.2) is 0 Å². The number of hydrogen-bond donors (Lipinski definition) is 2. The van der Waals surface area contributed by atoms with Crippen LogP contribution in [0.4, 0.5) is 0 Å². The number of nitrogens with zero attached hydrogens (tertiary/aromatic N) is 1. The van der Waals surface area contributed by atoms with Crippen molar-refractivity contribution in [2.24, 2.45) is 0 Å². The highest BCUT2D eigenvalue weighted by molar-refractivity contribution is 7.80. The van der Waals surface area contributed by atoms with Gasteiger partial charge in [-0.05, 0) is 40.8 Å². The van der Waals surface area contributed by atoms with Gasteiger partial charge in [0, 0.05) is 30.4 Å². The quantitative estimate of drug-likeness (QED) is 0.592. The Bertz CT molecular complexity index is 742. The molecule has 0 bridgehead atoms. The molecule has 3 heteroatoms. The minimum absolute atomic E-state index is 0.814. The van der Waals surface area contributed by atoms with Crippen molar-refractivity contribution in [3.63, 3.8) is 0 Å². The van der Waals surface area contributed by atoms with E-state index in [9.17, 15) is 0 Å². The average molecular weight is 351 g/mol. The normalized spacial score (nSPS) is 10.0. The number of nitrogens with one attached hydrogen (secondary N) is 1. The van der Waals surface area contributed by atoms with E-state index in [1.165, 1.54) is 22.3 Å². The molecule has 0 amide bonds. The Morgan fingerprint density at radius 1 is 0.840 bits per heavy atom. The standard InChI is InChI=1S/C20H20N2S.C2H6/c23-20-9-8-17(11-18-7-4-10-21-14-18)12-19(20)15-22-13-16-5-2-1-3-6-16;1-2/h1-10,12,14,22-23H,11,13,15H2;1-2H3. The van der Waals surface area contributed by atoms with E-state index in [2.05, 4.69) is 71.5 Å². The zero-order valence-corrected chi connectivity index (χ0v) is 15.8. The molecule has 25 heavy (non-hydrogen) atoms. The molecule has 3 rings (SSSR count). The molecule has 0 fully saturated rings. The third-order valence-corrected chi connectivity index (χ3v) is 4.20. The maximum Gasteiger partial charge on any atom is 0.0303 e. The number of rotatable bonds is 6. The molecule has 1 N–H and O–H groups in total. The van der Waals surface area contributed by atoms with E-state index in [0.717, 1.165) is 24.4 Å². The van der Waals surface area contributed by atoms with Crippen LogP contribution in [0.1, 0.15) is 36.1 Å².